The number of methoxy groups -OCH3 is 2. The maximum absolute atomic E-state index is 11.6. The fourth-order valence-electron chi connectivity index (χ4n) is 2.43. The summed E-state index contributed by atoms with van der Waals surface area (Å²) in [6.45, 7) is 2.01. The van der Waals surface area contributed by atoms with Crippen molar-refractivity contribution >= 4 is 11.9 Å². The van der Waals surface area contributed by atoms with E-state index in [4.69, 9.17) is 15.2 Å². The third kappa shape index (κ3) is 5.33. The number of pyridine rings is 2. The first kappa shape index (κ1) is 19.5. The smallest absolute Gasteiger partial charge is 0.356 e. The Hall–Kier alpha value is -2.84. The Balaban J connectivity index is 2.14. The van der Waals surface area contributed by atoms with Crippen molar-refractivity contribution in [2.75, 3.05) is 27.3 Å². The molecule has 0 radical (unpaired) electrons. The van der Waals surface area contributed by atoms with Crippen LogP contribution in [-0.4, -0.2) is 54.1 Å². The molecule has 0 aliphatic carbocycles. The van der Waals surface area contributed by atoms with Crippen LogP contribution in [0.1, 0.15) is 32.4 Å². The molecule has 2 N–H and O–H groups in total. The Morgan fingerprint density at radius 2 is 1.38 bits per heavy atom. The van der Waals surface area contributed by atoms with Crippen molar-refractivity contribution < 1.29 is 19.1 Å². The number of carbonyl (C=O) groups is 2. The number of carbonyl (C=O) groups excluding carboxylic acids is 2. The monoisotopic (exact) mass is 358 g/mol. The van der Waals surface area contributed by atoms with Crippen LogP contribution in [0, 0.1) is 0 Å². The van der Waals surface area contributed by atoms with E-state index in [0.29, 0.717) is 37.6 Å². The van der Waals surface area contributed by atoms with Crippen molar-refractivity contribution in [3.05, 3.63) is 59.2 Å². The summed E-state index contributed by atoms with van der Waals surface area (Å²) in [5, 5.41) is 0. The fraction of sp³-hybridized carbons (Fsp3) is 0.333. The van der Waals surface area contributed by atoms with E-state index in [9.17, 15) is 9.59 Å². The highest BCUT2D eigenvalue weighted by Gasteiger charge is 2.13. The summed E-state index contributed by atoms with van der Waals surface area (Å²) in [7, 11) is 2.63. The van der Waals surface area contributed by atoms with Gasteiger partial charge in [-0.3, -0.25) is 4.90 Å². The molecule has 0 saturated heterocycles. The molecule has 0 spiro atoms. The topological polar surface area (TPSA) is 108 Å². The van der Waals surface area contributed by atoms with Crippen molar-refractivity contribution in [2.45, 2.75) is 13.1 Å². The van der Waals surface area contributed by atoms with Crippen LogP contribution in [0.15, 0.2) is 36.4 Å². The fourth-order valence-corrected chi connectivity index (χ4v) is 2.43. The molecule has 0 unspecified atom stereocenters. The molecule has 0 aliphatic rings. The molecule has 0 amide bonds. The molecule has 0 bridgehead atoms. The van der Waals surface area contributed by atoms with Crippen LogP contribution in [0.5, 0.6) is 0 Å². The van der Waals surface area contributed by atoms with E-state index < -0.39 is 11.9 Å². The second-order valence-corrected chi connectivity index (χ2v) is 5.51. The Morgan fingerprint density at radius 3 is 1.77 bits per heavy atom. The quantitative estimate of drug-likeness (QED) is 0.697. The molecule has 8 nitrogen and oxygen atoms in total. The minimum Gasteiger partial charge on any atom is -0.464 e. The second-order valence-electron chi connectivity index (χ2n) is 5.51. The molecule has 26 heavy (non-hydrogen) atoms. The predicted molar refractivity (Wildman–Crippen MR) is 94.3 cm³/mol. The SMILES string of the molecule is COC(=O)c1cccc(CN(CCN)Cc2cccc(C(=O)OC)n2)n1. The lowest BCUT2D eigenvalue weighted by Crippen LogP contribution is -2.29. The van der Waals surface area contributed by atoms with Crippen LogP contribution in [0.3, 0.4) is 0 Å². The first-order valence-corrected chi connectivity index (χ1v) is 8.08. The van der Waals surface area contributed by atoms with Gasteiger partial charge in [0.25, 0.3) is 0 Å². The molecule has 0 aromatic carbocycles. The third-order valence-electron chi connectivity index (χ3n) is 3.62. The largest absolute Gasteiger partial charge is 0.464 e. The number of ether oxygens (including phenoxy) is 2. The zero-order valence-corrected chi connectivity index (χ0v) is 14.8. The summed E-state index contributed by atoms with van der Waals surface area (Å²) in [6.07, 6.45) is 0. The van der Waals surface area contributed by atoms with Crippen LogP contribution in [0.25, 0.3) is 0 Å². The van der Waals surface area contributed by atoms with Gasteiger partial charge in [0.15, 0.2) is 0 Å². The van der Waals surface area contributed by atoms with Crippen LogP contribution in [0.4, 0.5) is 0 Å². The number of nitrogens with zero attached hydrogens (tertiary/aromatic N) is 3. The summed E-state index contributed by atoms with van der Waals surface area (Å²) in [6, 6.07) is 10.4. The van der Waals surface area contributed by atoms with Gasteiger partial charge < -0.3 is 15.2 Å². The third-order valence-corrected chi connectivity index (χ3v) is 3.62. The van der Waals surface area contributed by atoms with E-state index in [-0.39, 0.29) is 11.4 Å². The number of esters is 2. The Bertz CT molecular complexity index is 705. The van der Waals surface area contributed by atoms with E-state index in [2.05, 4.69) is 9.97 Å². The highest BCUT2D eigenvalue weighted by atomic mass is 16.5. The van der Waals surface area contributed by atoms with Gasteiger partial charge in [-0.15, -0.1) is 0 Å². The zero-order chi connectivity index (χ0) is 18.9. The van der Waals surface area contributed by atoms with Gasteiger partial charge in [-0.2, -0.15) is 0 Å². The van der Waals surface area contributed by atoms with Gasteiger partial charge >= 0.3 is 11.9 Å². The normalized spacial score (nSPS) is 10.6. The summed E-state index contributed by atoms with van der Waals surface area (Å²) in [5.74, 6) is -0.964. The molecule has 2 aromatic rings. The standard InChI is InChI=1S/C18H22N4O4/c1-25-17(23)15-7-3-5-13(20-15)11-22(10-9-19)12-14-6-4-8-16(21-14)18(24)26-2/h3-8H,9-12,19H2,1-2H3. The maximum atomic E-state index is 11.6. The summed E-state index contributed by atoms with van der Waals surface area (Å²) < 4.78 is 9.39. The van der Waals surface area contributed by atoms with Crippen molar-refractivity contribution in [3.8, 4) is 0 Å². The molecule has 2 heterocycles. The lowest BCUT2D eigenvalue weighted by Gasteiger charge is -2.21. The van der Waals surface area contributed by atoms with E-state index in [0.717, 1.165) is 0 Å². The van der Waals surface area contributed by atoms with E-state index in [1.807, 2.05) is 17.0 Å². The van der Waals surface area contributed by atoms with Crippen molar-refractivity contribution in [3.63, 3.8) is 0 Å². The van der Waals surface area contributed by atoms with Crippen LogP contribution in [0.2, 0.25) is 0 Å². The van der Waals surface area contributed by atoms with Crippen LogP contribution in [-0.2, 0) is 22.6 Å². The van der Waals surface area contributed by atoms with E-state index in [1.54, 1.807) is 24.3 Å². The van der Waals surface area contributed by atoms with E-state index >= 15 is 0 Å². The van der Waals surface area contributed by atoms with Crippen LogP contribution < -0.4 is 5.73 Å². The molecular weight excluding hydrogens is 336 g/mol. The van der Waals surface area contributed by atoms with Gasteiger partial charge in [-0.25, -0.2) is 19.6 Å². The molecule has 2 rings (SSSR count). The minimum atomic E-state index is -0.482. The van der Waals surface area contributed by atoms with E-state index in [1.165, 1.54) is 14.2 Å². The average molecular weight is 358 g/mol. The molecule has 2 aromatic heterocycles. The molecule has 0 atom stereocenters. The molecular formula is C18H22N4O4. The maximum Gasteiger partial charge on any atom is 0.356 e. The summed E-state index contributed by atoms with van der Waals surface area (Å²) in [5.41, 5.74) is 7.64. The summed E-state index contributed by atoms with van der Waals surface area (Å²) in [4.78, 5) is 33.9. The molecule has 138 valence electrons. The van der Waals surface area contributed by atoms with Crippen LogP contribution >= 0.6 is 0 Å². The lowest BCUT2D eigenvalue weighted by molar-refractivity contribution is 0.0585. The number of nitrogens with two attached hydrogens (primary N) is 1. The van der Waals surface area contributed by atoms with Gasteiger partial charge in [0, 0.05) is 26.2 Å². The number of hydrogen-bond donors (Lipinski definition) is 1. The van der Waals surface area contributed by atoms with Gasteiger partial charge in [-0.05, 0) is 24.3 Å². The minimum absolute atomic E-state index is 0.253. The van der Waals surface area contributed by atoms with Gasteiger partial charge in [0.1, 0.15) is 11.4 Å². The van der Waals surface area contributed by atoms with Gasteiger partial charge in [-0.1, -0.05) is 12.1 Å². The summed E-state index contributed by atoms with van der Waals surface area (Å²) >= 11 is 0. The number of aromatic nitrogens is 2. The van der Waals surface area contributed by atoms with Crippen molar-refractivity contribution in [2.24, 2.45) is 5.73 Å². The molecule has 0 fully saturated rings. The first-order chi connectivity index (χ1) is 12.6. The number of rotatable bonds is 8. The predicted octanol–water partition coefficient (Wildman–Crippen LogP) is 1.01. The highest BCUT2D eigenvalue weighted by Crippen LogP contribution is 2.09. The zero-order valence-electron chi connectivity index (χ0n) is 14.8. The first-order valence-electron chi connectivity index (χ1n) is 8.08. The second kappa shape index (κ2) is 9.59. The Kier molecular flexibility index (Phi) is 7.19. The van der Waals surface area contributed by atoms with Gasteiger partial charge in [0.2, 0.25) is 0 Å². The Morgan fingerprint density at radius 1 is 0.923 bits per heavy atom. The Labute approximate surface area is 151 Å². The average Bonchev–Trinajstić information content (AvgIpc) is 2.67. The molecule has 0 aliphatic heterocycles. The number of hydrogen-bond acceptors (Lipinski definition) is 8. The van der Waals surface area contributed by atoms with Gasteiger partial charge in [0.05, 0.1) is 25.6 Å². The molecule has 0 saturated carbocycles. The lowest BCUT2D eigenvalue weighted by atomic mass is 10.2. The molecule has 8 heteroatoms. The van der Waals surface area contributed by atoms with Crippen molar-refractivity contribution in [1.29, 1.82) is 0 Å². The highest BCUT2D eigenvalue weighted by molar-refractivity contribution is 5.87. The van der Waals surface area contributed by atoms with Crippen molar-refractivity contribution in [1.82, 2.24) is 14.9 Å².